The van der Waals surface area contributed by atoms with Gasteiger partial charge in [0.25, 0.3) is 5.91 Å². The van der Waals surface area contributed by atoms with Gasteiger partial charge in [-0.2, -0.15) is 0 Å². The molecule has 2 aromatic rings. The highest BCUT2D eigenvalue weighted by Crippen LogP contribution is 2.36. The monoisotopic (exact) mass is 549 g/mol. The number of benzene rings is 1. The topological polar surface area (TPSA) is 116 Å². The molecule has 1 aromatic heterocycles. The predicted molar refractivity (Wildman–Crippen MR) is 147 cm³/mol. The molecule has 10 nitrogen and oxygen atoms in total. The Morgan fingerprint density at radius 2 is 1.73 bits per heavy atom. The quantitative estimate of drug-likeness (QED) is 0.273. The maximum Gasteiger partial charge on any atom is 0.496 e. The van der Waals surface area contributed by atoms with Crippen LogP contribution in [0.4, 0.5) is 0 Å². The van der Waals surface area contributed by atoms with Crippen LogP contribution in [0.2, 0.25) is 0 Å². The summed E-state index contributed by atoms with van der Waals surface area (Å²) in [5.74, 6) is 0.291. The standard InChI is InChI=1S/C29H36BN3O7/c1-28(2)29(3,4)40-30(39-28)19-11-14-25(31-17-19)38-16-7-5-6-15-37-23-10-8-9-20-21(23)18-33(27(20)36)22-12-13-24(34)32-26(22)35/h8-11,14,17,22H,5-7,12-13,15-16,18H2,1-4H3,(H,32,34,35). The van der Waals surface area contributed by atoms with E-state index in [-0.39, 0.29) is 18.2 Å². The third-order valence-corrected chi connectivity index (χ3v) is 8.12. The normalized spacial score (nSPS) is 21.4. The van der Waals surface area contributed by atoms with Gasteiger partial charge in [-0.05, 0) is 71.6 Å². The van der Waals surface area contributed by atoms with Crippen LogP contribution in [-0.2, 0) is 25.4 Å². The molecule has 2 saturated heterocycles. The fraction of sp³-hybridized carbons (Fsp3) is 0.517. The molecule has 11 heteroatoms. The van der Waals surface area contributed by atoms with E-state index in [2.05, 4.69) is 10.3 Å². The summed E-state index contributed by atoms with van der Waals surface area (Å²) < 4.78 is 24.0. The third kappa shape index (κ3) is 5.71. The Balaban J connectivity index is 1.03. The van der Waals surface area contributed by atoms with Crippen molar-refractivity contribution in [2.75, 3.05) is 13.2 Å². The number of fused-ring (bicyclic) bond motifs is 1. The number of unbranched alkanes of at least 4 members (excludes halogenated alkanes) is 2. The molecule has 1 N–H and O–H groups in total. The molecule has 40 heavy (non-hydrogen) atoms. The molecule has 212 valence electrons. The van der Waals surface area contributed by atoms with Crippen LogP contribution in [-0.4, -0.2) is 65.2 Å². The zero-order valence-corrected chi connectivity index (χ0v) is 23.5. The van der Waals surface area contributed by atoms with E-state index in [1.165, 1.54) is 4.90 Å². The van der Waals surface area contributed by atoms with E-state index in [4.69, 9.17) is 18.8 Å². The van der Waals surface area contributed by atoms with Crippen molar-refractivity contribution in [1.82, 2.24) is 15.2 Å². The second kappa shape index (κ2) is 11.2. The van der Waals surface area contributed by atoms with Crippen molar-refractivity contribution in [2.24, 2.45) is 0 Å². The molecule has 5 rings (SSSR count). The molecular weight excluding hydrogens is 513 g/mol. The van der Waals surface area contributed by atoms with Crippen molar-refractivity contribution in [3.63, 3.8) is 0 Å². The molecule has 1 unspecified atom stereocenters. The van der Waals surface area contributed by atoms with E-state index in [9.17, 15) is 14.4 Å². The number of ether oxygens (including phenoxy) is 2. The molecule has 0 saturated carbocycles. The maximum atomic E-state index is 13.0. The lowest BCUT2D eigenvalue weighted by Gasteiger charge is -2.32. The van der Waals surface area contributed by atoms with Crippen LogP contribution >= 0.6 is 0 Å². The molecule has 3 aliphatic heterocycles. The SMILES string of the molecule is CC1(C)OB(c2ccc(OCCCCCOc3cccc4c3CN(C3CCC(=O)NC3=O)C4=O)nc2)OC1(C)C. The Bertz CT molecular complexity index is 1260. The van der Waals surface area contributed by atoms with Crippen molar-refractivity contribution in [3.05, 3.63) is 47.7 Å². The summed E-state index contributed by atoms with van der Waals surface area (Å²) in [6.07, 6.45) is 4.87. The first-order valence-corrected chi connectivity index (χ1v) is 13.9. The Labute approximate surface area is 234 Å². The highest BCUT2D eigenvalue weighted by atomic mass is 16.7. The number of carbonyl (C=O) groups is 3. The van der Waals surface area contributed by atoms with E-state index < -0.39 is 30.3 Å². The molecule has 4 heterocycles. The first kappa shape index (κ1) is 28.1. The fourth-order valence-corrected chi connectivity index (χ4v) is 5.03. The number of piperidine rings is 1. The first-order valence-electron chi connectivity index (χ1n) is 13.9. The molecule has 1 atom stereocenters. The zero-order valence-electron chi connectivity index (χ0n) is 23.5. The van der Waals surface area contributed by atoms with Gasteiger partial charge in [0.05, 0.1) is 31.0 Å². The van der Waals surface area contributed by atoms with Crippen molar-refractivity contribution in [2.45, 2.75) is 83.6 Å². The van der Waals surface area contributed by atoms with Crippen LogP contribution in [0.1, 0.15) is 75.7 Å². The summed E-state index contributed by atoms with van der Waals surface area (Å²) in [5, 5.41) is 2.33. The predicted octanol–water partition coefficient (Wildman–Crippen LogP) is 2.77. The van der Waals surface area contributed by atoms with Gasteiger partial charge in [-0.3, -0.25) is 19.7 Å². The largest absolute Gasteiger partial charge is 0.496 e. The van der Waals surface area contributed by atoms with E-state index in [0.717, 1.165) is 30.3 Å². The number of nitrogens with zero attached hydrogens (tertiary/aromatic N) is 2. The van der Waals surface area contributed by atoms with Crippen LogP contribution in [0.5, 0.6) is 11.6 Å². The molecule has 0 bridgehead atoms. The molecule has 1 aromatic carbocycles. The van der Waals surface area contributed by atoms with Crippen LogP contribution in [0.15, 0.2) is 36.5 Å². The summed E-state index contributed by atoms with van der Waals surface area (Å²) >= 11 is 0. The molecule has 0 spiro atoms. The number of hydrogen-bond acceptors (Lipinski definition) is 8. The Kier molecular flexibility index (Phi) is 7.88. The van der Waals surface area contributed by atoms with Crippen molar-refractivity contribution in [1.29, 1.82) is 0 Å². The van der Waals surface area contributed by atoms with Crippen molar-refractivity contribution in [3.8, 4) is 11.6 Å². The summed E-state index contributed by atoms with van der Waals surface area (Å²) in [7, 11) is -0.448. The smallest absolute Gasteiger partial charge is 0.493 e. The van der Waals surface area contributed by atoms with Gasteiger partial charge >= 0.3 is 7.12 Å². The molecule has 0 radical (unpaired) electrons. The van der Waals surface area contributed by atoms with E-state index >= 15 is 0 Å². The van der Waals surface area contributed by atoms with Gasteiger partial charge in [-0.25, -0.2) is 4.98 Å². The highest BCUT2D eigenvalue weighted by Gasteiger charge is 2.51. The van der Waals surface area contributed by atoms with Gasteiger partial charge in [-0.15, -0.1) is 0 Å². The van der Waals surface area contributed by atoms with E-state index in [0.29, 0.717) is 43.4 Å². The van der Waals surface area contributed by atoms with Crippen LogP contribution in [0, 0.1) is 0 Å². The number of hydrogen-bond donors (Lipinski definition) is 1. The third-order valence-electron chi connectivity index (χ3n) is 8.12. The number of aromatic nitrogens is 1. The lowest BCUT2D eigenvalue weighted by atomic mass is 9.80. The molecule has 2 fully saturated rings. The molecular formula is C29H36BN3O7. The number of carbonyl (C=O) groups excluding carboxylic acids is 3. The summed E-state index contributed by atoms with van der Waals surface area (Å²) in [6, 6.07) is 8.51. The van der Waals surface area contributed by atoms with Crippen LogP contribution < -0.4 is 20.3 Å². The van der Waals surface area contributed by atoms with E-state index in [1.54, 1.807) is 18.3 Å². The van der Waals surface area contributed by atoms with Gasteiger partial charge < -0.3 is 23.7 Å². The number of rotatable bonds is 10. The Morgan fingerprint density at radius 3 is 2.40 bits per heavy atom. The molecule has 0 aliphatic carbocycles. The summed E-state index contributed by atoms with van der Waals surface area (Å²) in [5.41, 5.74) is 1.40. The first-order chi connectivity index (χ1) is 19.1. The van der Waals surface area contributed by atoms with Crippen molar-refractivity contribution >= 4 is 30.3 Å². The van der Waals surface area contributed by atoms with Crippen molar-refractivity contribution < 1.29 is 33.2 Å². The van der Waals surface area contributed by atoms with E-state index in [1.807, 2.05) is 45.9 Å². The van der Waals surface area contributed by atoms with Gasteiger partial charge in [-0.1, -0.05) is 12.1 Å². The fourth-order valence-electron chi connectivity index (χ4n) is 5.03. The summed E-state index contributed by atoms with van der Waals surface area (Å²) in [6.45, 7) is 9.43. The minimum absolute atomic E-state index is 0.204. The zero-order chi connectivity index (χ0) is 28.5. The average Bonchev–Trinajstić information content (AvgIpc) is 3.35. The number of nitrogens with one attached hydrogen (secondary N) is 1. The van der Waals surface area contributed by atoms with Gasteiger partial charge in [0.2, 0.25) is 17.7 Å². The second-order valence-corrected chi connectivity index (χ2v) is 11.5. The highest BCUT2D eigenvalue weighted by molar-refractivity contribution is 6.62. The number of pyridine rings is 1. The van der Waals surface area contributed by atoms with Crippen LogP contribution in [0.25, 0.3) is 0 Å². The van der Waals surface area contributed by atoms with Gasteiger partial charge in [0, 0.05) is 29.2 Å². The van der Waals surface area contributed by atoms with Gasteiger partial charge in [0.1, 0.15) is 11.8 Å². The van der Waals surface area contributed by atoms with Crippen LogP contribution in [0.3, 0.4) is 0 Å². The minimum Gasteiger partial charge on any atom is -0.493 e. The number of amides is 3. The average molecular weight is 549 g/mol. The maximum absolute atomic E-state index is 13.0. The number of imide groups is 1. The Hall–Kier alpha value is -3.44. The molecule has 3 aliphatic rings. The summed E-state index contributed by atoms with van der Waals surface area (Å²) in [4.78, 5) is 42.7. The minimum atomic E-state index is -0.639. The lowest BCUT2D eigenvalue weighted by molar-refractivity contribution is -0.136. The lowest BCUT2D eigenvalue weighted by Crippen LogP contribution is -2.52. The Morgan fingerprint density at radius 1 is 1.00 bits per heavy atom. The second-order valence-electron chi connectivity index (χ2n) is 11.5. The van der Waals surface area contributed by atoms with Gasteiger partial charge in [0.15, 0.2) is 0 Å². The molecule has 3 amide bonds.